The smallest absolute Gasteiger partial charge is 0.255 e. The average Bonchev–Trinajstić information content (AvgIpc) is 3.31. The number of hydrogen-bond acceptors (Lipinski definition) is 3. The molecule has 1 aliphatic rings. The van der Waals surface area contributed by atoms with E-state index < -0.39 is 0 Å². The topological polar surface area (TPSA) is 38.8 Å². The number of carbonyl (C=O) groups excluding carboxylic acids is 1. The first-order chi connectivity index (χ1) is 10.4. The Morgan fingerprint density at radius 3 is 2.18 bits per heavy atom. The van der Waals surface area contributed by atoms with Crippen molar-refractivity contribution in [2.75, 3.05) is 14.2 Å². The minimum absolute atomic E-state index is 0.0917. The van der Waals surface area contributed by atoms with Crippen molar-refractivity contribution in [1.29, 1.82) is 0 Å². The van der Waals surface area contributed by atoms with Crippen LogP contribution in [0.25, 0.3) is 0 Å². The predicted octanol–water partition coefficient (Wildman–Crippen LogP) is 3.96. The van der Waals surface area contributed by atoms with Crippen LogP contribution in [0.5, 0.6) is 11.5 Å². The van der Waals surface area contributed by atoms with Crippen LogP contribution in [0.4, 0.5) is 0 Å². The van der Waals surface area contributed by atoms with Crippen molar-refractivity contribution in [2.45, 2.75) is 45.7 Å². The molecule has 0 aromatic heterocycles. The van der Waals surface area contributed by atoms with Crippen LogP contribution in [-0.2, 0) is 0 Å². The number of rotatable bonds is 6. The lowest BCUT2D eigenvalue weighted by Gasteiger charge is -2.32. The van der Waals surface area contributed by atoms with E-state index in [2.05, 4.69) is 43.4 Å². The summed E-state index contributed by atoms with van der Waals surface area (Å²) in [6.07, 6.45) is 2.21. The van der Waals surface area contributed by atoms with Gasteiger partial charge in [-0.05, 0) is 60.4 Å². The number of amides is 1. The Morgan fingerprint density at radius 2 is 1.73 bits per heavy atom. The Bertz CT molecular complexity index is 555. The van der Waals surface area contributed by atoms with E-state index in [1.54, 1.807) is 20.3 Å². The van der Waals surface area contributed by atoms with Crippen molar-refractivity contribution in [1.82, 2.24) is 4.90 Å². The maximum absolute atomic E-state index is 13.1. The molecule has 0 bridgehead atoms. The van der Waals surface area contributed by atoms with Crippen LogP contribution in [0.3, 0.4) is 0 Å². The van der Waals surface area contributed by atoms with Gasteiger partial charge in [-0.25, -0.2) is 0 Å². The van der Waals surface area contributed by atoms with Crippen molar-refractivity contribution in [3.05, 3.63) is 21.3 Å². The summed E-state index contributed by atoms with van der Waals surface area (Å²) >= 11 is 2.19. The Kier molecular flexibility index (Phi) is 5.58. The molecule has 0 N–H and O–H groups in total. The fourth-order valence-corrected chi connectivity index (χ4v) is 3.18. The number of carbonyl (C=O) groups is 1. The molecule has 0 saturated heterocycles. The van der Waals surface area contributed by atoms with Crippen molar-refractivity contribution >= 4 is 28.5 Å². The maximum Gasteiger partial charge on any atom is 0.255 e. The minimum atomic E-state index is 0.0917. The van der Waals surface area contributed by atoms with E-state index in [1.807, 2.05) is 11.0 Å². The third kappa shape index (κ3) is 3.50. The monoisotopic (exact) mass is 417 g/mol. The molecule has 0 aliphatic heterocycles. The molecule has 1 aromatic rings. The van der Waals surface area contributed by atoms with Crippen LogP contribution in [0.1, 0.15) is 44.0 Å². The summed E-state index contributed by atoms with van der Waals surface area (Å²) in [6, 6.07) is 4.26. The van der Waals surface area contributed by atoms with E-state index >= 15 is 0 Å². The van der Waals surface area contributed by atoms with E-state index in [-0.39, 0.29) is 11.9 Å². The number of ether oxygens (including phenoxy) is 2. The van der Waals surface area contributed by atoms with Gasteiger partial charge in [-0.15, -0.1) is 0 Å². The standard InChI is InChI=1S/C17H24INO3/c1-10(2)11(3)19(12-6-7-12)17(20)13-8-15(21-4)16(22-5)9-14(13)18/h8-12H,6-7H2,1-5H3. The fraction of sp³-hybridized carbons (Fsp3) is 0.588. The maximum atomic E-state index is 13.1. The fourth-order valence-electron chi connectivity index (χ4n) is 2.51. The molecule has 0 heterocycles. The molecule has 22 heavy (non-hydrogen) atoms. The van der Waals surface area contributed by atoms with Gasteiger partial charge in [0.1, 0.15) is 0 Å². The Hall–Kier alpha value is -0.980. The van der Waals surface area contributed by atoms with Crippen LogP contribution < -0.4 is 9.47 Å². The number of methoxy groups -OCH3 is 2. The van der Waals surface area contributed by atoms with Crippen LogP contribution in [-0.4, -0.2) is 37.1 Å². The lowest BCUT2D eigenvalue weighted by molar-refractivity contribution is 0.0626. The normalized spacial score (nSPS) is 15.6. The molecule has 2 rings (SSSR count). The SMILES string of the molecule is COc1cc(I)c(C(=O)N(C2CC2)C(C)C(C)C)cc1OC. The summed E-state index contributed by atoms with van der Waals surface area (Å²) in [5, 5.41) is 0. The summed E-state index contributed by atoms with van der Waals surface area (Å²) in [5.74, 6) is 1.77. The molecule has 1 atom stereocenters. The van der Waals surface area contributed by atoms with Crippen LogP contribution in [0.2, 0.25) is 0 Å². The second-order valence-corrected chi connectivity index (χ2v) is 7.28. The highest BCUT2D eigenvalue weighted by atomic mass is 127. The quantitative estimate of drug-likeness (QED) is 0.658. The molecule has 5 heteroatoms. The minimum Gasteiger partial charge on any atom is -0.493 e. The Balaban J connectivity index is 2.38. The van der Waals surface area contributed by atoms with Gasteiger partial charge in [0.25, 0.3) is 5.91 Å². The van der Waals surface area contributed by atoms with Gasteiger partial charge in [0, 0.05) is 15.7 Å². The zero-order valence-corrected chi connectivity index (χ0v) is 16.0. The lowest BCUT2D eigenvalue weighted by atomic mass is 10.0. The van der Waals surface area contributed by atoms with Crippen LogP contribution in [0.15, 0.2) is 12.1 Å². The lowest BCUT2D eigenvalue weighted by Crippen LogP contribution is -2.43. The summed E-state index contributed by atoms with van der Waals surface area (Å²) in [4.78, 5) is 15.1. The van der Waals surface area contributed by atoms with E-state index in [0.29, 0.717) is 29.0 Å². The van der Waals surface area contributed by atoms with Gasteiger partial charge in [-0.2, -0.15) is 0 Å². The summed E-state index contributed by atoms with van der Waals surface area (Å²) < 4.78 is 11.5. The first kappa shape index (κ1) is 17.4. The van der Waals surface area contributed by atoms with E-state index in [1.165, 1.54) is 0 Å². The molecular formula is C17H24INO3. The number of halogens is 1. The van der Waals surface area contributed by atoms with E-state index in [9.17, 15) is 4.79 Å². The van der Waals surface area contributed by atoms with Gasteiger partial charge in [-0.1, -0.05) is 13.8 Å². The molecule has 1 aromatic carbocycles. The van der Waals surface area contributed by atoms with Gasteiger partial charge < -0.3 is 14.4 Å². The molecule has 1 fully saturated rings. The average molecular weight is 417 g/mol. The first-order valence-electron chi connectivity index (χ1n) is 7.64. The Morgan fingerprint density at radius 1 is 1.18 bits per heavy atom. The highest BCUT2D eigenvalue weighted by Crippen LogP contribution is 2.36. The first-order valence-corrected chi connectivity index (χ1v) is 8.72. The third-order valence-electron chi connectivity index (χ3n) is 4.28. The van der Waals surface area contributed by atoms with Crippen LogP contribution in [0, 0.1) is 9.49 Å². The van der Waals surface area contributed by atoms with Crippen molar-refractivity contribution in [3.8, 4) is 11.5 Å². The van der Waals surface area contributed by atoms with Crippen molar-refractivity contribution < 1.29 is 14.3 Å². The zero-order chi connectivity index (χ0) is 16.4. The van der Waals surface area contributed by atoms with E-state index in [4.69, 9.17) is 9.47 Å². The van der Waals surface area contributed by atoms with Crippen molar-refractivity contribution in [2.24, 2.45) is 5.92 Å². The van der Waals surface area contributed by atoms with Gasteiger partial charge in [0.05, 0.1) is 19.8 Å². The van der Waals surface area contributed by atoms with Gasteiger partial charge in [0.15, 0.2) is 11.5 Å². The molecular weight excluding hydrogens is 393 g/mol. The number of nitrogens with zero attached hydrogens (tertiary/aromatic N) is 1. The van der Waals surface area contributed by atoms with Crippen molar-refractivity contribution in [3.63, 3.8) is 0 Å². The summed E-state index contributed by atoms with van der Waals surface area (Å²) in [6.45, 7) is 6.45. The molecule has 0 radical (unpaired) electrons. The number of hydrogen-bond donors (Lipinski definition) is 0. The Labute approximate surface area is 146 Å². The molecule has 122 valence electrons. The molecule has 0 spiro atoms. The van der Waals surface area contributed by atoms with Gasteiger partial charge >= 0.3 is 0 Å². The molecule has 4 nitrogen and oxygen atoms in total. The highest BCUT2D eigenvalue weighted by Gasteiger charge is 2.37. The summed E-state index contributed by atoms with van der Waals surface area (Å²) in [7, 11) is 3.20. The number of benzene rings is 1. The molecule has 1 unspecified atom stereocenters. The van der Waals surface area contributed by atoms with Gasteiger partial charge in [0.2, 0.25) is 0 Å². The van der Waals surface area contributed by atoms with Crippen LogP contribution >= 0.6 is 22.6 Å². The largest absolute Gasteiger partial charge is 0.493 e. The van der Waals surface area contributed by atoms with E-state index in [0.717, 1.165) is 16.4 Å². The second-order valence-electron chi connectivity index (χ2n) is 6.12. The zero-order valence-electron chi connectivity index (χ0n) is 13.9. The summed E-state index contributed by atoms with van der Waals surface area (Å²) in [5.41, 5.74) is 0.692. The predicted molar refractivity (Wildman–Crippen MR) is 95.8 cm³/mol. The van der Waals surface area contributed by atoms with Gasteiger partial charge in [-0.3, -0.25) is 4.79 Å². The second kappa shape index (κ2) is 7.06. The highest BCUT2D eigenvalue weighted by molar-refractivity contribution is 14.1. The molecule has 1 aliphatic carbocycles. The molecule has 1 saturated carbocycles. The molecule has 1 amide bonds. The third-order valence-corrected chi connectivity index (χ3v) is 5.17.